The third kappa shape index (κ3) is 4.95. The van der Waals surface area contributed by atoms with Crippen LogP contribution in [-0.4, -0.2) is 39.3 Å². The van der Waals surface area contributed by atoms with Gasteiger partial charge in [0.1, 0.15) is 17.4 Å². The predicted octanol–water partition coefficient (Wildman–Crippen LogP) is 3.64. The first-order valence-corrected chi connectivity index (χ1v) is 9.68. The number of morpholine rings is 1. The van der Waals surface area contributed by atoms with Crippen molar-refractivity contribution < 1.29 is 14.3 Å². The Kier molecular flexibility index (Phi) is 6.88. The van der Waals surface area contributed by atoms with Gasteiger partial charge in [-0.05, 0) is 36.3 Å². The Balaban J connectivity index is 1.84. The molecule has 0 aromatic heterocycles. The number of aryl methyl sites for hydroxylation is 1. The van der Waals surface area contributed by atoms with Gasteiger partial charge in [0.25, 0.3) is 5.91 Å². The molecule has 2 aromatic carbocycles. The highest BCUT2D eigenvalue weighted by molar-refractivity contribution is 6.10. The molecule has 0 atom stereocenters. The molecule has 150 valence electrons. The average molecular weight is 391 g/mol. The first kappa shape index (κ1) is 20.4. The quantitative estimate of drug-likeness (QED) is 0.601. The Hall–Kier alpha value is -3.30. The van der Waals surface area contributed by atoms with Crippen LogP contribution in [0.25, 0.3) is 6.08 Å². The van der Waals surface area contributed by atoms with Crippen LogP contribution < -0.4 is 15.0 Å². The summed E-state index contributed by atoms with van der Waals surface area (Å²) in [6.45, 7) is 5.05. The number of para-hydroxylation sites is 1. The van der Waals surface area contributed by atoms with Gasteiger partial charge in [0, 0.05) is 36.1 Å². The first-order chi connectivity index (χ1) is 14.2. The standard InChI is InChI=1S/C23H25N3O3/c1-3-17-6-4-5-7-21(17)25-23(27)19(16-24)14-18-8-9-20(15-22(18)28-2)26-10-12-29-13-11-26/h4-9,14-15H,3,10-13H2,1-2H3,(H,25,27)/b19-14-. The summed E-state index contributed by atoms with van der Waals surface area (Å²) in [5.74, 6) is 0.177. The molecule has 1 aliphatic heterocycles. The van der Waals surface area contributed by atoms with Gasteiger partial charge in [0.2, 0.25) is 0 Å². The van der Waals surface area contributed by atoms with Crippen LogP contribution in [0.5, 0.6) is 5.75 Å². The van der Waals surface area contributed by atoms with Crippen LogP contribution in [0.2, 0.25) is 0 Å². The molecule has 1 fully saturated rings. The lowest BCUT2D eigenvalue weighted by Crippen LogP contribution is -2.36. The summed E-state index contributed by atoms with van der Waals surface area (Å²) >= 11 is 0. The van der Waals surface area contributed by atoms with E-state index in [2.05, 4.69) is 10.2 Å². The molecule has 0 bridgehead atoms. The minimum absolute atomic E-state index is 0.0216. The normalized spacial score (nSPS) is 14.2. The molecule has 3 rings (SSSR count). The minimum atomic E-state index is -0.437. The van der Waals surface area contributed by atoms with Crippen LogP contribution in [-0.2, 0) is 16.0 Å². The summed E-state index contributed by atoms with van der Waals surface area (Å²) in [5.41, 5.74) is 3.47. The van der Waals surface area contributed by atoms with Crippen LogP contribution in [0.15, 0.2) is 48.0 Å². The predicted molar refractivity (Wildman–Crippen MR) is 114 cm³/mol. The molecule has 2 aromatic rings. The number of nitrogens with zero attached hydrogens (tertiary/aromatic N) is 2. The maximum atomic E-state index is 12.7. The van der Waals surface area contributed by atoms with Crippen molar-refractivity contribution in [3.8, 4) is 11.8 Å². The number of amides is 1. The maximum Gasteiger partial charge on any atom is 0.266 e. The highest BCUT2D eigenvalue weighted by Gasteiger charge is 2.15. The number of hydrogen-bond acceptors (Lipinski definition) is 5. The molecule has 1 heterocycles. The molecule has 0 saturated carbocycles. The van der Waals surface area contributed by atoms with E-state index in [9.17, 15) is 10.1 Å². The fraction of sp³-hybridized carbons (Fsp3) is 0.304. The number of nitriles is 1. The highest BCUT2D eigenvalue weighted by atomic mass is 16.5. The second-order valence-corrected chi connectivity index (χ2v) is 6.66. The summed E-state index contributed by atoms with van der Waals surface area (Å²) in [6, 6.07) is 15.4. The molecule has 0 aliphatic carbocycles. The van der Waals surface area contributed by atoms with E-state index in [-0.39, 0.29) is 5.57 Å². The zero-order chi connectivity index (χ0) is 20.6. The van der Waals surface area contributed by atoms with E-state index in [1.807, 2.05) is 55.5 Å². The lowest BCUT2D eigenvalue weighted by atomic mass is 10.1. The molecule has 0 spiro atoms. The Morgan fingerprint density at radius 2 is 2.03 bits per heavy atom. The number of rotatable bonds is 6. The number of ether oxygens (including phenoxy) is 2. The molecule has 1 saturated heterocycles. The Morgan fingerprint density at radius 1 is 1.28 bits per heavy atom. The third-order valence-electron chi connectivity index (χ3n) is 4.90. The fourth-order valence-electron chi connectivity index (χ4n) is 3.28. The van der Waals surface area contributed by atoms with Crippen molar-refractivity contribution >= 4 is 23.4 Å². The van der Waals surface area contributed by atoms with E-state index in [0.29, 0.717) is 24.5 Å². The van der Waals surface area contributed by atoms with Crippen LogP contribution in [0.3, 0.4) is 0 Å². The molecule has 1 amide bonds. The molecule has 29 heavy (non-hydrogen) atoms. The maximum absolute atomic E-state index is 12.7. The number of hydrogen-bond donors (Lipinski definition) is 1. The molecule has 1 aliphatic rings. The van der Waals surface area contributed by atoms with Crippen molar-refractivity contribution in [1.29, 1.82) is 5.26 Å². The van der Waals surface area contributed by atoms with Gasteiger partial charge in [-0.15, -0.1) is 0 Å². The van der Waals surface area contributed by atoms with Gasteiger partial charge in [0.05, 0.1) is 20.3 Å². The van der Waals surface area contributed by atoms with Gasteiger partial charge < -0.3 is 19.7 Å². The van der Waals surface area contributed by atoms with Crippen molar-refractivity contribution in [2.45, 2.75) is 13.3 Å². The number of methoxy groups -OCH3 is 1. The minimum Gasteiger partial charge on any atom is -0.496 e. The van der Waals surface area contributed by atoms with Gasteiger partial charge in [0.15, 0.2) is 0 Å². The second kappa shape index (κ2) is 9.76. The molecular weight excluding hydrogens is 366 g/mol. The largest absolute Gasteiger partial charge is 0.496 e. The van der Waals surface area contributed by atoms with Gasteiger partial charge in [-0.25, -0.2) is 0 Å². The summed E-state index contributed by atoms with van der Waals surface area (Å²) in [4.78, 5) is 14.9. The lowest BCUT2D eigenvalue weighted by molar-refractivity contribution is -0.112. The van der Waals surface area contributed by atoms with E-state index in [1.165, 1.54) is 0 Å². The average Bonchev–Trinajstić information content (AvgIpc) is 2.78. The number of carbonyl (C=O) groups excluding carboxylic acids is 1. The van der Waals surface area contributed by atoms with E-state index in [0.717, 1.165) is 36.4 Å². The Bertz CT molecular complexity index is 941. The van der Waals surface area contributed by atoms with E-state index < -0.39 is 5.91 Å². The van der Waals surface area contributed by atoms with Crippen LogP contribution >= 0.6 is 0 Å². The topological polar surface area (TPSA) is 74.6 Å². The smallest absolute Gasteiger partial charge is 0.266 e. The monoisotopic (exact) mass is 391 g/mol. The molecule has 6 nitrogen and oxygen atoms in total. The lowest BCUT2D eigenvalue weighted by Gasteiger charge is -2.29. The Morgan fingerprint density at radius 3 is 2.72 bits per heavy atom. The fourth-order valence-corrected chi connectivity index (χ4v) is 3.28. The highest BCUT2D eigenvalue weighted by Crippen LogP contribution is 2.28. The molecule has 0 radical (unpaired) electrons. The zero-order valence-electron chi connectivity index (χ0n) is 16.8. The van der Waals surface area contributed by atoms with Gasteiger partial charge >= 0.3 is 0 Å². The number of anilines is 2. The van der Waals surface area contributed by atoms with Crippen molar-refractivity contribution in [3.05, 3.63) is 59.2 Å². The van der Waals surface area contributed by atoms with Gasteiger partial charge in [-0.2, -0.15) is 5.26 Å². The van der Waals surface area contributed by atoms with Gasteiger partial charge in [-0.1, -0.05) is 25.1 Å². The Labute approximate surface area is 171 Å². The van der Waals surface area contributed by atoms with Gasteiger partial charge in [-0.3, -0.25) is 4.79 Å². The van der Waals surface area contributed by atoms with Crippen molar-refractivity contribution in [1.82, 2.24) is 0 Å². The summed E-state index contributed by atoms with van der Waals surface area (Å²) in [6.07, 6.45) is 2.35. The number of benzene rings is 2. The van der Waals surface area contributed by atoms with Crippen molar-refractivity contribution in [2.24, 2.45) is 0 Å². The molecule has 1 N–H and O–H groups in total. The van der Waals surface area contributed by atoms with E-state index in [4.69, 9.17) is 9.47 Å². The van der Waals surface area contributed by atoms with Crippen LogP contribution in [0, 0.1) is 11.3 Å². The van der Waals surface area contributed by atoms with E-state index >= 15 is 0 Å². The first-order valence-electron chi connectivity index (χ1n) is 9.68. The SMILES string of the molecule is CCc1ccccc1NC(=O)/C(C#N)=C\c1ccc(N2CCOCC2)cc1OC. The van der Waals surface area contributed by atoms with Crippen molar-refractivity contribution in [3.63, 3.8) is 0 Å². The summed E-state index contributed by atoms with van der Waals surface area (Å²) < 4.78 is 10.9. The second-order valence-electron chi connectivity index (χ2n) is 6.66. The zero-order valence-corrected chi connectivity index (χ0v) is 16.8. The molecule has 6 heteroatoms. The van der Waals surface area contributed by atoms with Crippen LogP contribution in [0.1, 0.15) is 18.1 Å². The molecular formula is C23H25N3O3. The summed E-state index contributed by atoms with van der Waals surface area (Å²) in [5, 5.41) is 12.4. The molecule has 0 unspecified atom stereocenters. The van der Waals surface area contributed by atoms with E-state index in [1.54, 1.807) is 13.2 Å². The third-order valence-corrected chi connectivity index (χ3v) is 4.90. The number of carbonyl (C=O) groups is 1. The summed E-state index contributed by atoms with van der Waals surface area (Å²) in [7, 11) is 1.58. The van der Waals surface area contributed by atoms with Crippen molar-refractivity contribution in [2.75, 3.05) is 43.6 Å². The van der Waals surface area contributed by atoms with Crippen LogP contribution in [0.4, 0.5) is 11.4 Å². The number of nitrogens with one attached hydrogen (secondary N) is 1.